The van der Waals surface area contributed by atoms with Crippen molar-refractivity contribution in [2.45, 2.75) is 38.7 Å². The van der Waals surface area contributed by atoms with Crippen LogP contribution in [0.2, 0.25) is 0 Å². The van der Waals surface area contributed by atoms with Crippen LogP contribution in [0.1, 0.15) is 33.1 Å². The fourth-order valence-corrected chi connectivity index (χ4v) is 1.63. The molecule has 0 saturated carbocycles. The zero-order valence-electron chi connectivity index (χ0n) is 9.13. The van der Waals surface area contributed by atoms with Gasteiger partial charge in [0.1, 0.15) is 5.60 Å². The fourth-order valence-electron chi connectivity index (χ4n) is 1.63. The van der Waals surface area contributed by atoms with Gasteiger partial charge in [-0.1, -0.05) is 12.1 Å². The minimum atomic E-state index is -0.00560. The minimum Gasteiger partial charge on any atom is -0.389 e. The molecule has 0 aromatic heterocycles. The second kappa shape index (κ2) is 4.09. The SMILES string of the molecule is CCC1(CCN(C)C)CC(C)=NO1. The molecule has 0 amide bonds. The molecule has 0 bridgehead atoms. The van der Waals surface area contributed by atoms with Gasteiger partial charge in [-0.2, -0.15) is 0 Å². The van der Waals surface area contributed by atoms with Crippen LogP contribution in [0, 0.1) is 0 Å². The van der Waals surface area contributed by atoms with Crippen molar-refractivity contribution in [1.82, 2.24) is 4.90 Å². The first kappa shape index (κ1) is 10.5. The lowest BCUT2D eigenvalue weighted by molar-refractivity contribution is -0.0316. The summed E-state index contributed by atoms with van der Waals surface area (Å²) in [5.41, 5.74) is 1.12. The van der Waals surface area contributed by atoms with Gasteiger partial charge in [0, 0.05) is 19.4 Å². The van der Waals surface area contributed by atoms with Crippen molar-refractivity contribution in [2.75, 3.05) is 20.6 Å². The second-order valence-corrected chi connectivity index (χ2v) is 4.18. The maximum atomic E-state index is 5.51. The van der Waals surface area contributed by atoms with Crippen molar-refractivity contribution >= 4 is 5.71 Å². The van der Waals surface area contributed by atoms with Gasteiger partial charge in [0.15, 0.2) is 0 Å². The molecule has 0 aromatic carbocycles. The summed E-state index contributed by atoms with van der Waals surface area (Å²) in [5.74, 6) is 0. The molecule has 0 saturated heterocycles. The van der Waals surface area contributed by atoms with E-state index in [1.807, 2.05) is 6.92 Å². The molecule has 3 nitrogen and oxygen atoms in total. The summed E-state index contributed by atoms with van der Waals surface area (Å²) in [5, 5.41) is 4.04. The van der Waals surface area contributed by atoms with Crippen LogP contribution >= 0.6 is 0 Å². The zero-order chi connectivity index (χ0) is 9.90. The monoisotopic (exact) mass is 184 g/mol. The predicted octanol–water partition coefficient (Wildman–Crippen LogP) is 1.88. The largest absolute Gasteiger partial charge is 0.389 e. The smallest absolute Gasteiger partial charge is 0.144 e. The average molecular weight is 184 g/mol. The van der Waals surface area contributed by atoms with Crippen molar-refractivity contribution in [1.29, 1.82) is 0 Å². The first-order valence-corrected chi connectivity index (χ1v) is 4.94. The van der Waals surface area contributed by atoms with E-state index in [0.717, 1.165) is 31.5 Å². The van der Waals surface area contributed by atoms with Gasteiger partial charge in [0.2, 0.25) is 0 Å². The molecule has 0 aromatic rings. The van der Waals surface area contributed by atoms with Gasteiger partial charge >= 0.3 is 0 Å². The number of rotatable bonds is 4. The number of hydrogen-bond acceptors (Lipinski definition) is 3. The van der Waals surface area contributed by atoms with Gasteiger partial charge in [-0.25, -0.2) is 0 Å². The Morgan fingerprint density at radius 1 is 1.54 bits per heavy atom. The van der Waals surface area contributed by atoms with E-state index >= 15 is 0 Å². The number of nitrogens with zero attached hydrogens (tertiary/aromatic N) is 2. The molecule has 3 heteroatoms. The van der Waals surface area contributed by atoms with Gasteiger partial charge in [-0.05, 0) is 27.4 Å². The van der Waals surface area contributed by atoms with E-state index < -0.39 is 0 Å². The van der Waals surface area contributed by atoms with Gasteiger partial charge in [0.25, 0.3) is 0 Å². The maximum Gasteiger partial charge on any atom is 0.144 e. The normalized spacial score (nSPS) is 27.6. The Bertz CT molecular complexity index is 201. The fraction of sp³-hybridized carbons (Fsp3) is 0.900. The molecule has 76 valence electrons. The van der Waals surface area contributed by atoms with E-state index in [4.69, 9.17) is 4.84 Å². The minimum absolute atomic E-state index is 0.00560. The molecule has 1 rings (SSSR count). The van der Waals surface area contributed by atoms with Crippen molar-refractivity contribution in [3.63, 3.8) is 0 Å². The number of oxime groups is 1. The first-order valence-electron chi connectivity index (χ1n) is 4.94. The third-order valence-electron chi connectivity index (χ3n) is 2.63. The molecule has 1 aliphatic heterocycles. The zero-order valence-corrected chi connectivity index (χ0v) is 9.13. The Hall–Kier alpha value is -0.570. The Morgan fingerprint density at radius 2 is 2.23 bits per heavy atom. The van der Waals surface area contributed by atoms with Gasteiger partial charge in [0.05, 0.1) is 5.71 Å². The van der Waals surface area contributed by atoms with E-state index in [1.165, 1.54) is 0 Å². The third-order valence-corrected chi connectivity index (χ3v) is 2.63. The van der Waals surface area contributed by atoms with Gasteiger partial charge in [-0.15, -0.1) is 0 Å². The van der Waals surface area contributed by atoms with Crippen LogP contribution in [0.3, 0.4) is 0 Å². The standard InChI is InChI=1S/C10H20N2O/c1-5-10(6-7-12(3)4)8-9(2)11-13-10/h5-8H2,1-4H3. The highest BCUT2D eigenvalue weighted by Gasteiger charge is 2.35. The Balaban J connectivity index is 2.44. The summed E-state index contributed by atoms with van der Waals surface area (Å²) < 4.78 is 0. The molecule has 1 heterocycles. The van der Waals surface area contributed by atoms with E-state index in [9.17, 15) is 0 Å². The highest BCUT2D eigenvalue weighted by molar-refractivity contribution is 5.83. The molecular weight excluding hydrogens is 164 g/mol. The Labute approximate surface area is 80.7 Å². The van der Waals surface area contributed by atoms with Gasteiger partial charge in [-0.3, -0.25) is 0 Å². The van der Waals surface area contributed by atoms with Crippen molar-refractivity contribution in [3.05, 3.63) is 0 Å². The van der Waals surface area contributed by atoms with E-state index in [-0.39, 0.29) is 5.60 Å². The van der Waals surface area contributed by atoms with Crippen LogP contribution in [0.5, 0.6) is 0 Å². The van der Waals surface area contributed by atoms with E-state index in [1.54, 1.807) is 0 Å². The third kappa shape index (κ3) is 2.69. The van der Waals surface area contributed by atoms with E-state index in [0.29, 0.717) is 0 Å². The van der Waals surface area contributed by atoms with Crippen molar-refractivity contribution in [3.8, 4) is 0 Å². The number of hydrogen-bond donors (Lipinski definition) is 0. The molecule has 0 N–H and O–H groups in total. The molecule has 13 heavy (non-hydrogen) atoms. The topological polar surface area (TPSA) is 24.8 Å². The van der Waals surface area contributed by atoms with Gasteiger partial charge < -0.3 is 9.74 Å². The summed E-state index contributed by atoms with van der Waals surface area (Å²) in [6.07, 6.45) is 3.11. The summed E-state index contributed by atoms with van der Waals surface area (Å²) in [6, 6.07) is 0. The molecule has 0 radical (unpaired) electrons. The summed E-state index contributed by atoms with van der Waals surface area (Å²) in [6.45, 7) is 5.27. The van der Waals surface area contributed by atoms with E-state index in [2.05, 4.69) is 31.1 Å². The quantitative estimate of drug-likeness (QED) is 0.666. The lowest BCUT2D eigenvalue weighted by Crippen LogP contribution is -2.32. The van der Waals surface area contributed by atoms with Crippen molar-refractivity contribution in [2.24, 2.45) is 5.16 Å². The van der Waals surface area contributed by atoms with Crippen LogP contribution in [-0.2, 0) is 4.84 Å². The maximum absolute atomic E-state index is 5.51. The average Bonchev–Trinajstić information content (AvgIpc) is 2.45. The van der Waals surface area contributed by atoms with Crippen LogP contribution in [0.4, 0.5) is 0 Å². The molecule has 0 spiro atoms. The molecule has 0 fully saturated rings. The highest BCUT2D eigenvalue weighted by Crippen LogP contribution is 2.30. The molecule has 1 unspecified atom stereocenters. The molecule has 0 aliphatic carbocycles. The van der Waals surface area contributed by atoms with Crippen LogP contribution < -0.4 is 0 Å². The van der Waals surface area contributed by atoms with Crippen LogP contribution in [0.15, 0.2) is 5.16 Å². The second-order valence-electron chi connectivity index (χ2n) is 4.18. The lowest BCUT2D eigenvalue weighted by Gasteiger charge is -2.26. The van der Waals surface area contributed by atoms with Crippen LogP contribution in [-0.4, -0.2) is 36.9 Å². The predicted molar refractivity (Wildman–Crippen MR) is 55.0 cm³/mol. The summed E-state index contributed by atoms with van der Waals surface area (Å²) in [7, 11) is 4.18. The molecule has 1 atom stereocenters. The van der Waals surface area contributed by atoms with Crippen molar-refractivity contribution < 1.29 is 4.84 Å². The lowest BCUT2D eigenvalue weighted by atomic mass is 9.91. The summed E-state index contributed by atoms with van der Waals surface area (Å²) in [4.78, 5) is 7.70. The Kier molecular flexibility index (Phi) is 3.31. The van der Waals surface area contributed by atoms with Crippen LogP contribution in [0.25, 0.3) is 0 Å². The molecule has 1 aliphatic rings. The Morgan fingerprint density at radius 3 is 2.62 bits per heavy atom. The highest BCUT2D eigenvalue weighted by atomic mass is 16.7. The first-order chi connectivity index (χ1) is 6.08. The molecular formula is C10H20N2O. The summed E-state index contributed by atoms with van der Waals surface area (Å²) >= 11 is 0.